The van der Waals surface area contributed by atoms with Crippen molar-refractivity contribution in [3.05, 3.63) is 0 Å². The molecule has 0 aliphatic rings. The largest absolute Gasteiger partial charge is 0.855 e. The minimum Gasteiger partial charge on any atom is -0.855 e. The normalized spacial score (nSPS) is 8.31. The van der Waals surface area contributed by atoms with Crippen molar-refractivity contribution in [2.24, 2.45) is 0 Å². The highest BCUT2D eigenvalue weighted by atomic mass is 16.2. The van der Waals surface area contributed by atoms with Gasteiger partial charge in [-0.25, -0.2) is 0 Å². The van der Waals surface area contributed by atoms with E-state index in [-0.39, 0.29) is 6.61 Å². The van der Waals surface area contributed by atoms with Crippen LogP contribution in [0, 0.1) is 0 Å². The Morgan fingerprint density at radius 1 is 1.08 bits per heavy atom. The summed E-state index contributed by atoms with van der Waals surface area (Å²) >= 11 is 0. The van der Waals surface area contributed by atoms with Crippen LogP contribution in [0.25, 0.3) is 0 Å². The third-order valence-corrected chi connectivity index (χ3v) is 1.20. The van der Waals surface area contributed by atoms with Crippen LogP contribution in [0.15, 0.2) is 0 Å². The molecule has 0 fully saturated rings. The second-order valence-corrected chi connectivity index (χ2v) is 3.27. The highest BCUT2D eigenvalue weighted by molar-refractivity contribution is 5.73. The number of guanidine groups is 1. The van der Waals surface area contributed by atoms with Gasteiger partial charge in [-0.1, -0.05) is 6.92 Å². The molecule has 0 amide bonds. The minimum absolute atomic E-state index is 0. The van der Waals surface area contributed by atoms with Crippen LogP contribution in [0.1, 0.15) is 6.92 Å². The van der Waals surface area contributed by atoms with Crippen LogP contribution in [0.3, 0.4) is 0 Å². The van der Waals surface area contributed by atoms with Gasteiger partial charge in [0.1, 0.15) is 0 Å². The monoisotopic (exact) mass is 189 g/mol. The Morgan fingerprint density at radius 2 is 1.31 bits per heavy atom. The van der Waals surface area contributed by atoms with E-state index >= 15 is 0 Å². The molecule has 0 aromatic rings. The predicted octanol–water partition coefficient (Wildman–Crippen LogP) is -0.896. The first kappa shape index (κ1) is 14.7. The molecule has 0 rings (SSSR count). The fraction of sp³-hybridized carbons (Fsp3) is 0.889. The van der Waals surface area contributed by atoms with Gasteiger partial charge in [0.05, 0.1) is 42.3 Å². The van der Waals surface area contributed by atoms with Crippen LogP contribution in [-0.4, -0.2) is 69.2 Å². The molecular weight excluding hydrogens is 166 g/mol. The lowest BCUT2D eigenvalue weighted by molar-refractivity contribution is -0.475. The Morgan fingerprint density at radius 3 is 1.31 bits per heavy atom. The fourth-order valence-corrected chi connectivity index (χ4v) is 1.20. The number of nitrogens with zero attached hydrogens (tertiary/aromatic N) is 3. The summed E-state index contributed by atoms with van der Waals surface area (Å²) in [6, 6.07) is 0. The van der Waals surface area contributed by atoms with Gasteiger partial charge in [-0.15, -0.1) is 6.61 Å². The second-order valence-electron chi connectivity index (χ2n) is 3.27. The van der Waals surface area contributed by atoms with Gasteiger partial charge in [-0.3, -0.25) is 14.4 Å². The lowest BCUT2D eigenvalue weighted by Crippen LogP contribution is -2.40. The van der Waals surface area contributed by atoms with Crippen molar-refractivity contribution in [2.45, 2.75) is 6.92 Å². The van der Waals surface area contributed by atoms with Crippen LogP contribution in [0.5, 0.6) is 0 Å². The van der Waals surface area contributed by atoms with Gasteiger partial charge in [0.15, 0.2) is 0 Å². The van der Waals surface area contributed by atoms with E-state index in [9.17, 15) is 0 Å². The van der Waals surface area contributed by atoms with Gasteiger partial charge in [-0.2, -0.15) is 0 Å². The SMILES string of the molecule is CC[O-].CN(C)C(N(C)C)=[N+](C)C. The topological polar surface area (TPSA) is 32.5 Å². The summed E-state index contributed by atoms with van der Waals surface area (Å²) in [5.41, 5.74) is 0. The van der Waals surface area contributed by atoms with Crippen LogP contribution in [-0.2, 0) is 0 Å². The number of rotatable bonds is 0. The van der Waals surface area contributed by atoms with E-state index in [4.69, 9.17) is 5.11 Å². The first-order valence-corrected chi connectivity index (χ1v) is 4.35. The molecule has 80 valence electrons. The molecule has 0 N–H and O–H groups in total. The minimum atomic E-state index is 0. The molecule has 0 aromatic carbocycles. The van der Waals surface area contributed by atoms with Gasteiger partial charge in [0, 0.05) is 0 Å². The number of hydrogen-bond donors (Lipinski definition) is 0. The van der Waals surface area contributed by atoms with E-state index in [2.05, 4.69) is 14.4 Å². The summed E-state index contributed by atoms with van der Waals surface area (Å²) in [4.78, 5) is 4.17. The van der Waals surface area contributed by atoms with Gasteiger partial charge in [0.2, 0.25) is 0 Å². The van der Waals surface area contributed by atoms with E-state index in [1.165, 1.54) is 5.96 Å². The maximum Gasteiger partial charge on any atom is 0.349 e. The second kappa shape index (κ2) is 7.86. The summed E-state index contributed by atoms with van der Waals surface area (Å²) < 4.78 is 2.08. The quantitative estimate of drug-likeness (QED) is 0.281. The lowest BCUT2D eigenvalue weighted by Gasteiger charge is -2.16. The van der Waals surface area contributed by atoms with Crippen molar-refractivity contribution in [3.8, 4) is 0 Å². The molecular formula is C9H23N3O. The molecule has 0 spiro atoms. The summed E-state index contributed by atoms with van der Waals surface area (Å²) in [5, 5.41) is 8.93. The fourth-order valence-electron chi connectivity index (χ4n) is 1.20. The van der Waals surface area contributed by atoms with Gasteiger partial charge >= 0.3 is 5.96 Å². The molecule has 0 unspecified atom stereocenters. The highest BCUT2D eigenvalue weighted by Gasteiger charge is 2.12. The molecule has 0 bridgehead atoms. The summed E-state index contributed by atoms with van der Waals surface area (Å²) in [7, 11) is 12.2. The van der Waals surface area contributed by atoms with E-state index in [1.807, 2.05) is 42.3 Å². The summed E-state index contributed by atoms with van der Waals surface area (Å²) in [5.74, 6) is 1.19. The molecule has 0 atom stereocenters. The molecule has 0 aliphatic carbocycles. The van der Waals surface area contributed by atoms with Crippen LogP contribution < -0.4 is 5.11 Å². The number of hydrogen-bond acceptors (Lipinski definition) is 1. The molecule has 0 saturated carbocycles. The van der Waals surface area contributed by atoms with E-state index in [0.29, 0.717) is 0 Å². The van der Waals surface area contributed by atoms with Gasteiger partial charge in [0.25, 0.3) is 0 Å². The van der Waals surface area contributed by atoms with Crippen molar-refractivity contribution in [3.63, 3.8) is 0 Å². The maximum atomic E-state index is 8.93. The van der Waals surface area contributed by atoms with Crippen molar-refractivity contribution in [1.82, 2.24) is 9.80 Å². The molecule has 0 saturated heterocycles. The van der Waals surface area contributed by atoms with Crippen molar-refractivity contribution < 1.29 is 9.68 Å². The molecule has 0 radical (unpaired) electrons. The Balaban J connectivity index is 0. The van der Waals surface area contributed by atoms with Gasteiger partial charge < -0.3 is 5.11 Å². The van der Waals surface area contributed by atoms with Crippen LogP contribution in [0.4, 0.5) is 0 Å². The lowest BCUT2D eigenvalue weighted by atomic mass is 10.7. The Kier molecular flexibility index (Phi) is 8.91. The van der Waals surface area contributed by atoms with E-state index in [1.54, 1.807) is 6.92 Å². The Bertz CT molecular complexity index is 139. The third-order valence-electron chi connectivity index (χ3n) is 1.20. The third kappa shape index (κ3) is 7.59. The average Bonchev–Trinajstić information content (AvgIpc) is 1.84. The van der Waals surface area contributed by atoms with Gasteiger partial charge in [-0.05, 0) is 0 Å². The Hall–Kier alpha value is -0.770. The zero-order chi connectivity index (χ0) is 11.0. The maximum absolute atomic E-state index is 8.93. The first-order chi connectivity index (χ1) is 5.88. The molecule has 0 aliphatic heterocycles. The van der Waals surface area contributed by atoms with Crippen molar-refractivity contribution in [2.75, 3.05) is 48.9 Å². The molecule has 4 nitrogen and oxygen atoms in total. The molecule has 4 heteroatoms. The van der Waals surface area contributed by atoms with E-state index in [0.717, 1.165) is 0 Å². The smallest absolute Gasteiger partial charge is 0.349 e. The summed E-state index contributed by atoms with van der Waals surface area (Å²) in [6.07, 6.45) is 0. The zero-order valence-corrected chi connectivity index (χ0v) is 9.96. The standard InChI is InChI=1S/C7H18N3.C2H5O/c1-8(2)7(9(3)4)10(5)6;1-2-3/h1-6H3;2H2,1H3/q+1;-1. The molecule has 0 heterocycles. The first-order valence-electron chi connectivity index (χ1n) is 4.35. The van der Waals surface area contributed by atoms with Crippen LogP contribution >= 0.6 is 0 Å². The zero-order valence-electron chi connectivity index (χ0n) is 9.96. The van der Waals surface area contributed by atoms with Crippen molar-refractivity contribution in [1.29, 1.82) is 0 Å². The average molecular weight is 189 g/mol. The molecule has 0 aromatic heterocycles. The van der Waals surface area contributed by atoms with Crippen molar-refractivity contribution >= 4 is 5.96 Å². The predicted molar refractivity (Wildman–Crippen MR) is 55.0 cm³/mol. The Labute approximate surface area is 82.1 Å². The van der Waals surface area contributed by atoms with E-state index < -0.39 is 0 Å². The van der Waals surface area contributed by atoms with Crippen LogP contribution in [0.2, 0.25) is 0 Å². The highest BCUT2D eigenvalue weighted by Crippen LogP contribution is 1.84. The molecule has 13 heavy (non-hydrogen) atoms. The summed E-state index contributed by atoms with van der Waals surface area (Å²) in [6.45, 7) is 1.57.